The number of aromatic nitrogens is 1. The summed E-state index contributed by atoms with van der Waals surface area (Å²) < 4.78 is 20.4. The van der Waals surface area contributed by atoms with Gasteiger partial charge in [-0.1, -0.05) is 25.0 Å². The molecule has 0 aliphatic heterocycles. The molecule has 0 radical (unpaired) electrons. The van der Waals surface area contributed by atoms with Crippen molar-refractivity contribution in [1.82, 2.24) is 9.47 Å². The summed E-state index contributed by atoms with van der Waals surface area (Å²) in [4.78, 5) is 40.9. The van der Waals surface area contributed by atoms with Crippen LogP contribution in [0.4, 0.5) is 4.39 Å². The molecular formula is C26H33FN2O4. The number of halogens is 1. The van der Waals surface area contributed by atoms with E-state index < -0.39 is 5.97 Å². The highest BCUT2D eigenvalue weighted by Gasteiger charge is 2.31. The van der Waals surface area contributed by atoms with Crippen LogP contribution in [-0.2, 0) is 22.6 Å². The Labute approximate surface area is 194 Å². The summed E-state index contributed by atoms with van der Waals surface area (Å²) in [7, 11) is 0. The van der Waals surface area contributed by atoms with Gasteiger partial charge >= 0.3 is 5.97 Å². The van der Waals surface area contributed by atoms with Crippen LogP contribution in [-0.4, -0.2) is 40.3 Å². The van der Waals surface area contributed by atoms with Gasteiger partial charge in [0.25, 0.3) is 0 Å². The normalized spacial score (nSPS) is 13.8. The Morgan fingerprint density at radius 1 is 1.09 bits per heavy atom. The summed E-state index contributed by atoms with van der Waals surface area (Å²) in [5.74, 6) is -1.14. The van der Waals surface area contributed by atoms with E-state index in [2.05, 4.69) is 0 Å². The molecule has 1 aromatic heterocycles. The molecule has 0 saturated heterocycles. The first-order chi connectivity index (χ1) is 15.8. The monoisotopic (exact) mass is 456 g/mol. The first-order valence-electron chi connectivity index (χ1n) is 11.7. The number of hydrogen-bond acceptors (Lipinski definition) is 4. The van der Waals surface area contributed by atoms with Crippen molar-refractivity contribution in [1.29, 1.82) is 0 Å². The van der Waals surface area contributed by atoms with Crippen LogP contribution in [0.5, 0.6) is 0 Å². The van der Waals surface area contributed by atoms with Crippen LogP contribution in [0.15, 0.2) is 24.3 Å². The fraction of sp³-hybridized carbons (Fsp3) is 0.500. The summed E-state index contributed by atoms with van der Waals surface area (Å²) >= 11 is 0. The predicted molar refractivity (Wildman–Crippen MR) is 124 cm³/mol. The topological polar surface area (TPSA) is 68.6 Å². The van der Waals surface area contributed by atoms with E-state index in [9.17, 15) is 18.8 Å². The number of rotatable bonds is 9. The Morgan fingerprint density at radius 3 is 2.30 bits per heavy atom. The standard InChI is InChI=1S/C26H33FN2O4/c1-5-29-18(4)23(17(3)24(29)26(32)33-6-2)22(30)16-28(25(31)20-9-7-8-10-20)15-19-11-13-21(27)14-12-19/h11-14,20H,5-10,15-16H2,1-4H3. The zero-order valence-electron chi connectivity index (χ0n) is 19.9. The number of hydrogen-bond donors (Lipinski definition) is 0. The zero-order chi connectivity index (χ0) is 24.1. The molecule has 1 amide bonds. The molecule has 3 rings (SSSR count). The van der Waals surface area contributed by atoms with Crippen molar-refractivity contribution in [2.24, 2.45) is 5.92 Å². The van der Waals surface area contributed by atoms with Crippen LogP contribution in [0.3, 0.4) is 0 Å². The lowest BCUT2D eigenvalue weighted by Gasteiger charge is -2.25. The average molecular weight is 457 g/mol. The number of nitrogens with zero attached hydrogens (tertiary/aromatic N) is 2. The minimum absolute atomic E-state index is 0.0407. The third kappa shape index (κ3) is 5.34. The number of carbonyl (C=O) groups excluding carboxylic acids is 3. The minimum atomic E-state index is -0.454. The Bertz CT molecular complexity index is 1020. The Morgan fingerprint density at radius 2 is 1.73 bits per heavy atom. The predicted octanol–water partition coefficient (Wildman–Crippen LogP) is 4.84. The SMILES string of the molecule is CCOC(=O)c1c(C)c(C(=O)CN(Cc2ccc(F)cc2)C(=O)C2CCCC2)c(C)n1CC. The lowest BCUT2D eigenvalue weighted by molar-refractivity contribution is -0.135. The van der Waals surface area contributed by atoms with E-state index in [0.717, 1.165) is 31.2 Å². The molecule has 33 heavy (non-hydrogen) atoms. The van der Waals surface area contributed by atoms with Crippen molar-refractivity contribution in [3.63, 3.8) is 0 Å². The maximum absolute atomic E-state index is 13.5. The fourth-order valence-electron chi connectivity index (χ4n) is 4.87. The summed E-state index contributed by atoms with van der Waals surface area (Å²) in [6.07, 6.45) is 3.67. The van der Waals surface area contributed by atoms with Crippen molar-refractivity contribution < 1.29 is 23.5 Å². The Hall–Kier alpha value is -2.96. The second-order valence-electron chi connectivity index (χ2n) is 8.62. The third-order valence-electron chi connectivity index (χ3n) is 6.47. The molecule has 0 bridgehead atoms. The molecule has 0 unspecified atom stereocenters. The maximum atomic E-state index is 13.5. The van der Waals surface area contributed by atoms with Crippen LogP contribution in [0.25, 0.3) is 0 Å². The summed E-state index contributed by atoms with van der Waals surface area (Å²) in [5, 5.41) is 0. The average Bonchev–Trinajstić information content (AvgIpc) is 3.40. The smallest absolute Gasteiger partial charge is 0.355 e. The van der Waals surface area contributed by atoms with Crippen molar-refractivity contribution in [2.45, 2.75) is 66.5 Å². The van der Waals surface area contributed by atoms with Gasteiger partial charge in [-0.2, -0.15) is 0 Å². The summed E-state index contributed by atoms with van der Waals surface area (Å²) in [5.41, 5.74) is 2.88. The van der Waals surface area contributed by atoms with E-state index in [1.54, 1.807) is 35.4 Å². The number of esters is 1. The number of Topliss-reactive ketones (excluding diaryl/α,β-unsaturated/α-hetero) is 1. The Kier molecular flexibility index (Phi) is 8.06. The number of ketones is 1. The molecule has 2 aromatic rings. The quantitative estimate of drug-likeness (QED) is 0.400. The minimum Gasteiger partial charge on any atom is -0.461 e. The van der Waals surface area contributed by atoms with Gasteiger partial charge in [0.2, 0.25) is 5.91 Å². The van der Waals surface area contributed by atoms with Gasteiger partial charge in [0, 0.05) is 30.3 Å². The molecule has 0 N–H and O–H groups in total. The fourth-order valence-corrected chi connectivity index (χ4v) is 4.87. The van der Waals surface area contributed by atoms with E-state index in [1.165, 1.54) is 12.1 Å². The first kappa shape index (κ1) is 24.7. The molecule has 6 nitrogen and oxygen atoms in total. The zero-order valence-corrected chi connectivity index (χ0v) is 19.9. The second-order valence-corrected chi connectivity index (χ2v) is 8.62. The highest BCUT2D eigenvalue weighted by atomic mass is 19.1. The van der Waals surface area contributed by atoms with Crippen molar-refractivity contribution in [2.75, 3.05) is 13.2 Å². The lowest BCUT2D eigenvalue weighted by atomic mass is 10.0. The molecule has 1 saturated carbocycles. The molecule has 1 aromatic carbocycles. The van der Waals surface area contributed by atoms with Crippen LogP contribution in [0.1, 0.15) is 77.2 Å². The highest BCUT2D eigenvalue weighted by Crippen LogP contribution is 2.28. The van der Waals surface area contributed by atoms with Gasteiger partial charge in [0.05, 0.1) is 13.2 Å². The van der Waals surface area contributed by atoms with E-state index >= 15 is 0 Å². The van der Waals surface area contributed by atoms with Crippen LogP contribution in [0.2, 0.25) is 0 Å². The largest absolute Gasteiger partial charge is 0.461 e. The van der Waals surface area contributed by atoms with E-state index in [-0.39, 0.29) is 43.1 Å². The number of amides is 1. The van der Waals surface area contributed by atoms with Crippen molar-refractivity contribution in [3.8, 4) is 0 Å². The first-order valence-corrected chi connectivity index (χ1v) is 11.7. The van der Waals surface area contributed by atoms with E-state index in [4.69, 9.17) is 4.74 Å². The van der Waals surface area contributed by atoms with Gasteiger partial charge in [0.1, 0.15) is 11.5 Å². The molecular weight excluding hydrogens is 423 g/mol. The molecule has 0 spiro atoms. The number of benzene rings is 1. The van der Waals surface area contributed by atoms with Crippen LogP contribution >= 0.6 is 0 Å². The van der Waals surface area contributed by atoms with Crippen LogP contribution < -0.4 is 0 Å². The molecule has 1 heterocycles. The van der Waals surface area contributed by atoms with Gasteiger partial charge in [-0.05, 0) is 63.8 Å². The maximum Gasteiger partial charge on any atom is 0.355 e. The van der Waals surface area contributed by atoms with Gasteiger partial charge in [-0.25, -0.2) is 9.18 Å². The van der Waals surface area contributed by atoms with Crippen molar-refractivity contribution >= 4 is 17.7 Å². The van der Waals surface area contributed by atoms with E-state index in [0.29, 0.717) is 29.1 Å². The van der Waals surface area contributed by atoms with Crippen LogP contribution in [0, 0.1) is 25.6 Å². The van der Waals surface area contributed by atoms with Crippen molar-refractivity contribution in [3.05, 3.63) is 58.2 Å². The van der Waals surface area contributed by atoms with Gasteiger partial charge < -0.3 is 14.2 Å². The van der Waals surface area contributed by atoms with Gasteiger partial charge in [-0.3, -0.25) is 9.59 Å². The second kappa shape index (κ2) is 10.8. The lowest BCUT2D eigenvalue weighted by Crippen LogP contribution is -2.38. The molecule has 1 fully saturated rings. The Balaban J connectivity index is 1.92. The number of ether oxygens (including phenoxy) is 1. The molecule has 0 atom stereocenters. The summed E-state index contributed by atoms with van der Waals surface area (Å²) in [6.45, 7) is 8.13. The van der Waals surface area contributed by atoms with Gasteiger partial charge in [-0.15, -0.1) is 0 Å². The molecule has 1 aliphatic rings. The van der Waals surface area contributed by atoms with Gasteiger partial charge in [0.15, 0.2) is 5.78 Å². The van der Waals surface area contributed by atoms with E-state index in [1.807, 2.05) is 13.8 Å². The molecule has 1 aliphatic carbocycles. The number of carbonyl (C=O) groups is 3. The highest BCUT2D eigenvalue weighted by molar-refractivity contribution is 6.04. The third-order valence-corrected chi connectivity index (χ3v) is 6.47. The molecule has 7 heteroatoms. The molecule has 178 valence electrons. The summed E-state index contributed by atoms with van der Waals surface area (Å²) in [6, 6.07) is 5.99.